The number of rotatable bonds is 4. The van der Waals surface area contributed by atoms with Crippen LogP contribution in [-0.4, -0.2) is 42.6 Å². The number of nitrogens with zero attached hydrogens (tertiary/aromatic N) is 1. The average molecular weight is 315 g/mol. The van der Waals surface area contributed by atoms with Gasteiger partial charge in [0.2, 0.25) is 0 Å². The van der Waals surface area contributed by atoms with Gasteiger partial charge >= 0.3 is 0 Å². The summed E-state index contributed by atoms with van der Waals surface area (Å²) in [6, 6.07) is 8.35. The molecule has 0 saturated carbocycles. The molecule has 1 saturated heterocycles. The lowest BCUT2D eigenvalue weighted by molar-refractivity contribution is 0.307. The maximum Gasteiger partial charge on any atom is 0.0351 e. The Morgan fingerprint density at radius 2 is 2.24 bits per heavy atom. The van der Waals surface area contributed by atoms with Crippen LogP contribution in [0.25, 0.3) is 0 Å². The van der Waals surface area contributed by atoms with Crippen molar-refractivity contribution in [2.45, 2.75) is 6.42 Å². The Kier molecular flexibility index (Phi) is 5.68. The summed E-state index contributed by atoms with van der Waals surface area (Å²) >= 11 is 5.57. The summed E-state index contributed by atoms with van der Waals surface area (Å²) in [6.07, 6.45) is 1.33. The van der Waals surface area contributed by atoms with Crippen LogP contribution in [0.15, 0.2) is 28.7 Å². The van der Waals surface area contributed by atoms with Gasteiger partial charge in [-0.3, -0.25) is 0 Å². The first-order valence-electron chi connectivity index (χ1n) is 6.14. The zero-order chi connectivity index (χ0) is 11.9. The molecule has 1 aliphatic heterocycles. The highest BCUT2D eigenvalue weighted by Crippen LogP contribution is 2.15. The van der Waals surface area contributed by atoms with Crippen molar-refractivity contribution in [1.29, 1.82) is 0 Å². The van der Waals surface area contributed by atoms with E-state index in [1.165, 1.54) is 36.7 Å². The van der Waals surface area contributed by atoms with Crippen molar-refractivity contribution >= 4 is 33.4 Å². The van der Waals surface area contributed by atoms with Gasteiger partial charge in [-0.1, -0.05) is 22.0 Å². The largest absolute Gasteiger partial charge is 0.384 e. The molecule has 0 amide bonds. The van der Waals surface area contributed by atoms with E-state index in [1.807, 2.05) is 0 Å². The standard InChI is InChI=1S/C13H19BrN2S/c14-12-3-1-4-13(11-12)15-5-7-16-6-2-9-17-10-8-16/h1,3-4,11,15H,2,5-10H2. The molecule has 1 fully saturated rings. The molecule has 1 aromatic rings. The maximum absolute atomic E-state index is 3.49. The molecule has 2 nitrogen and oxygen atoms in total. The van der Waals surface area contributed by atoms with Gasteiger partial charge in [-0.25, -0.2) is 0 Å². The molecular weight excluding hydrogens is 296 g/mol. The van der Waals surface area contributed by atoms with Gasteiger partial charge in [0.15, 0.2) is 0 Å². The molecule has 2 rings (SSSR count). The summed E-state index contributed by atoms with van der Waals surface area (Å²) in [6.45, 7) is 4.67. The van der Waals surface area contributed by atoms with Gasteiger partial charge in [0.1, 0.15) is 0 Å². The predicted octanol–water partition coefficient (Wildman–Crippen LogP) is 3.30. The van der Waals surface area contributed by atoms with Crippen molar-refractivity contribution in [2.24, 2.45) is 0 Å². The SMILES string of the molecule is Brc1cccc(NCCN2CCCSCC2)c1. The minimum Gasteiger partial charge on any atom is -0.384 e. The summed E-state index contributed by atoms with van der Waals surface area (Å²) in [5.41, 5.74) is 1.20. The fourth-order valence-electron chi connectivity index (χ4n) is 1.98. The summed E-state index contributed by atoms with van der Waals surface area (Å²) < 4.78 is 1.13. The van der Waals surface area contributed by atoms with Crippen molar-refractivity contribution in [2.75, 3.05) is 43.0 Å². The second kappa shape index (κ2) is 7.29. The maximum atomic E-state index is 3.49. The summed E-state index contributed by atoms with van der Waals surface area (Å²) in [7, 11) is 0. The van der Waals surface area contributed by atoms with Gasteiger partial charge in [0, 0.05) is 35.5 Å². The van der Waals surface area contributed by atoms with E-state index in [1.54, 1.807) is 0 Å². The van der Waals surface area contributed by atoms with Crippen LogP contribution >= 0.6 is 27.7 Å². The van der Waals surface area contributed by atoms with Crippen LogP contribution in [0.5, 0.6) is 0 Å². The molecule has 1 N–H and O–H groups in total. The van der Waals surface area contributed by atoms with Crippen LogP contribution in [0.1, 0.15) is 6.42 Å². The third-order valence-corrected chi connectivity index (χ3v) is 4.44. The number of nitrogens with one attached hydrogen (secondary N) is 1. The first kappa shape index (κ1) is 13.2. The Bertz CT molecular complexity index is 338. The van der Waals surface area contributed by atoms with Gasteiger partial charge in [0.05, 0.1) is 0 Å². The molecule has 0 radical (unpaired) electrons. The first-order valence-corrected chi connectivity index (χ1v) is 8.09. The summed E-state index contributed by atoms with van der Waals surface area (Å²) in [5.74, 6) is 2.62. The van der Waals surface area contributed by atoms with Gasteiger partial charge in [0.25, 0.3) is 0 Å². The van der Waals surface area contributed by atoms with Crippen molar-refractivity contribution in [3.05, 3.63) is 28.7 Å². The molecule has 0 bridgehead atoms. The predicted molar refractivity (Wildman–Crippen MR) is 81.0 cm³/mol. The number of thioether (sulfide) groups is 1. The van der Waals surface area contributed by atoms with Crippen molar-refractivity contribution < 1.29 is 0 Å². The van der Waals surface area contributed by atoms with Crippen molar-refractivity contribution in [3.63, 3.8) is 0 Å². The molecule has 0 atom stereocenters. The zero-order valence-corrected chi connectivity index (χ0v) is 12.4. The fraction of sp³-hybridized carbons (Fsp3) is 0.538. The molecule has 0 aliphatic carbocycles. The smallest absolute Gasteiger partial charge is 0.0351 e. The molecule has 0 aromatic heterocycles. The quantitative estimate of drug-likeness (QED) is 0.918. The van der Waals surface area contributed by atoms with E-state index in [4.69, 9.17) is 0 Å². The number of hydrogen-bond acceptors (Lipinski definition) is 3. The van der Waals surface area contributed by atoms with Crippen LogP contribution in [0, 0.1) is 0 Å². The number of benzene rings is 1. The van der Waals surface area contributed by atoms with Crippen molar-refractivity contribution in [1.82, 2.24) is 4.90 Å². The van der Waals surface area contributed by atoms with Crippen LogP contribution in [0.3, 0.4) is 0 Å². The zero-order valence-electron chi connectivity index (χ0n) is 9.99. The Morgan fingerprint density at radius 3 is 3.12 bits per heavy atom. The molecule has 0 unspecified atom stereocenters. The normalized spacial score (nSPS) is 17.7. The van der Waals surface area contributed by atoms with E-state index < -0.39 is 0 Å². The van der Waals surface area contributed by atoms with Crippen LogP contribution < -0.4 is 5.32 Å². The lowest BCUT2D eigenvalue weighted by atomic mass is 10.3. The average Bonchev–Trinajstić information content (AvgIpc) is 2.58. The highest BCUT2D eigenvalue weighted by molar-refractivity contribution is 9.10. The number of anilines is 1. The second-order valence-corrected chi connectivity index (χ2v) is 6.39. The molecule has 17 heavy (non-hydrogen) atoms. The van der Waals surface area contributed by atoms with Gasteiger partial charge in [-0.05, 0) is 36.9 Å². The minimum absolute atomic E-state index is 1.03. The Morgan fingerprint density at radius 1 is 1.29 bits per heavy atom. The van der Waals surface area contributed by atoms with Crippen molar-refractivity contribution in [3.8, 4) is 0 Å². The summed E-state index contributed by atoms with van der Waals surface area (Å²) in [5, 5.41) is 3.47. The molecule has 4 heteroatoms. The topological polar surface area (TPSA) is 15.3 Å². The van der Waals surface area contributed by atoms with E-state index in [9.17, 15) is 0 Å². The first-order chi connectivity index (χ1) is 8.34. The lowest BCUT2D eigenvalue weighted by Gasteiger charge is -2.19. The number of halogens is 1. The van der Waals surface area contributed by atoms with E-state index in [0.717, 1.165) is 17.6 Å². The Hall–Kier alpha value is -0.190. The molecule has 1 aromatic carbocycles. The third kappa shape index (κ3) is 4.90. The van der Waals surface area contributed by atoms with E-state index in [2.05, 4.69) is 62.2 Å². The highest BCUT2D eigenvalue weighted by Gasteiger charge is 2.07. The van der Waals surface area contributed by atoms with E-state index in [-0.39, 0.29) is 0 Å². The van der Waals surface area contributed by atoms with Gasteiger partial charge < -0.3 is 10.2 Å². The minimum atomic E-state index is 1.03. The van der Waals surface area contributed by atoms with Crippen LogP contribution in [-0.2, 0) is 0 Å². The monoisotopic (exact) mass is 314 g/mol. The number of hydrogen-bond donors (Lipinski definition) is 1. The molecular formula is C13H19BrN2S. The van der Waals surface area contributed by atoms with Crippen LogP contribution in [0.4, 0.5) is 5.69 Å². The Labute approximate surface area is 116 Å². The van der Waals surface area contributed by atoms with Gasteiger partial charge in [-0.2, -0.15) is 11.8 Å². The highest BCUT2D eigenvalue weighted by atomic mass is 79.9. The lowest BCUT2D eigenvalue weighted by Crippen LogP contribution is -2.31. The van der Waals surface area contributed by atoms with Gasteiger partial charge in [-0.15, -0.1) is 0 Å². The Balaban J connectivity index is 1.71. The third-order valence-electron chi connectivity index (χ3n) is 2.90. The summed E-state index contributed by atoms with van der Waals surface area (Å²) in [4.78, 5) is 2.56. The van der Waals surface area contributed by atoms with Crippen LogP contribution in [0.2, 0.25) is 0 Å². The molecule has 0 spiro atoms. The molecule has 1 aliphatic rings. The molecule has 1 heterocycles. The molecule has 94 valence electrons. The fourth-order valence-corrected chi connectivity index (χ4v) is 3.30. The van der Waals surface area contributed by atoms with E-state index >= 15 is 0 Å². The second-order valence-electron chi connectivity index (χ2n) is 4.24. The van der Waals surface area contributed by atoms with E-state index in [0.29, 0.717) is 0 Å².